The lowest BCUT2D eigenvalue weighted by Gasteiger charge is -2.08. The maximum Gasteiger partial charge on any atom is 0.257 e. The van der Waals surface area contributed by atoms with E-state index in [9.17, 15) is 8.42 Å². The van der Waals surface area contributed by atoms with Gasteiger partial charge in [0.15, 0.2) is 5.11 Å². The Morgan fingerprint density at radius 3 is 2.44 bits per heavy atom. The van der Waals surface area contributed by atoms with Crippen LogP contribution < -0.4 is 16.0 Å². The van der Waals surface area contributed by atoms with Gasteiger partial charge in [-0.1, -0.05) is 30.3 Å². The van der Waals surface area contributed by atoms with Crippen molar-refractivity contribution in [2.45, 2.75) is 4.90 Å². The molecule has 0 aromatic heterocycles. The van der Waals surface area contributed by atoms with Crippen molar-refractivity contribution >= 4 is 38.1 Å². The van der Waals surface area contributed by atoms with Gasteiger partial charge >= 0.3 is 0 Å². The van der Waals surface area contributed by atoms with Crippen LogP contribution in [0.2, 0.25) is 0 Å². The van der Waals surface area contributed by atoms with E-state index < -0.39 is 10.0 Å². The maximum absolute atomic E-state index is 11.9. The molecule has 4 N–H and O–H groups in total. The predicted molar refractivity (Wildman–Crippen MR) is 74.2 cm³/mol. The van der Waals surface area contributed by atoms with Gasteiger partial charge in [-0.05, 0) is 35.1 Å². The fourth-order valence-corrected chi connectivity index (χ4v) is 2.52. The van der Waals surface area contributed by atoms with Gasteiger partial charge in [0.25, 0.3) is 10.0 Å². The van der Waals surface area contributed by atoms with Crippen molar-refractivity contribution in [1.29, 1.82) is 0 Å². The van der Waals surface area contributed by atoms with E-state index in [1.54, 1.807) is 12.1 Å². The molecule has 0 saturated carbocycles. The number of nitrogens with two attached hydrogens (primary N) is 1. The number of sulfonamides is 1. The predicted octanol–water partition coefficient (Wildman–Crippen LogP) is 0.866. The van der Waals surface area contributed by atoms with Crippen molar-refractivity contribution in [2.75, 3.05) is 0 Å². The molecule has 0 radical (unpaired) electrons. The van der Waals surface area contributed by atoms with Gasteiger partial charge in [0, 0.05) is 0 Å². The van der Waals surface area contributed by atoms with Crippen LogP contribution in [0.15, 0.2) is 47.4 Å². The van der Waals surface area contributed by atoms with E-state index in [1.165, 1.54) is 6.07 Å². The van der Waals surface area contributed by atoms with Crippen LogP contribution >= 0.6 is 12.2 Å². The molecule has 0 bridgehead atoms. The number of hydrazine groups is 1. The molecule has 0 aliphatic heterocycles. The topological polar surface area (TPSA) is 84.2 Å². The molecule has 2 aromatic carbocycles. The molecule has 0 aliphatic rings. The largest absolute Gasteiger partial charge is 0.375 e. The normalized spacial score (nSPS) is 11.3. The first-order valence-electron chi connectivity index (χ1n) is 5.05. The summed E-state index contributed by atoms with van der Waals surface area (Å²) in [5.74, 6) is 0. The fourth-order valence-electron chi connectivity index (χ4n) is 1.51. The number of rotatable bonds is 3. The second-order valence-electron chi connectivity index (χ2n) is 3.60. The van der Waals surface area contributed by atoms with E-state index >= 15 is 0 Å². The number of benzene rings is 2. The summed E-state index contributed by atoms with van der Waals surface area (Å²) in [6.07, 6.45) is 0. The van der Waals surface area contributed by atoms with E-state index in [0.717, 1.165) is 10.8 Å². The third-order valence-corrected chi connectivity index (χ3v) is 3.69. The first kappa shape index (κ1) is 12.7. The fraction of sp³-hybridized carbons (Fsp3) is 0. The van der Waals surface area contributed by atoms with Crippen molar-refractivity contribution in [2.24, 2.45) is 5.73 Å². The average molecular weight is 281 g/mol. The third kappa shape index (κ3) is 2.76. The van der Waals surface area contributed by atoms with E-state index in [4.69, 9.17) is 5.73 Å². The van der Waals surface area contributed by atoms with Crippen molar-refractivity contribution in [3.8, 4) is 0 Å². The summed E-state index contributed by atoms with van der Waals surface area (Å²) in [5.41, 5.74) is 7.37. The lowest BCUT2D eigenvalue weighted by Crippen LogP contribution is -2.44. The Kier molecular flexibility index (Phi) is 3.46. The van der Waals surface area contributed by atoms with Crippen molar-refractivity contribution in [3.63, 3.8) is 0 Å². The minimum absolute atomic E-state index is 0.139. The van der Waals surface area contributed by atoms with Crippen LogP contribution in [0.4, 0.5) is 0 Å². The van der Waals surface area contributed by atoms with Gasteiger partial charge in [-0.3, -0.25) is 5.43 Å². The lowest BCUT2D eigenvalue weighted by molar-refractivity contribution is 0.577. The highest BCUT2D eigenvalue weighted by Gasteiger charge is 2.13. The highest BCUT2D eigenvalue weighted by Crippen LogP contribution is 2.18. The second-order valence-corrected chi connectivity index (χ2v) is 5.73. The van der Waals surface area contributed by atoms with Gasteiger partial charge in [-0.15, -0.1) is 4.83 Å². The van der Waals surface area contributed by atoms with E-state index in [2.05, 4.69) is 22.5 Å². The van der Waals surface area contributed by atoms with E-state index in [1.807, 2.05) is 24.3 Å². The molecule has 18 heavy (non-hydrogen) atoms. The van der Waals surface area contributed by atoms with Crippen LogP contribution in [0, 0.1) is 0 Å². The zero-order valence-corrected chi connectivity index (χ0v) is 10.9. The number of nitrogens with one attached hydrogen (secondary N) is 2. The third-order valence-electron chi connectivity index (χ3n) is 2.34. The second kappa shape index (κ2) is 4.89. The number of hydrogen-bond donors (Lipinski definition) is 3. The van der Waals surface area contributed by atoms with Crippen LogP contribution in [0.5, 0.6) is 0 Å². The van der Waals surface area contributed by atoms with Gasteiger partial charge in [-0.2, -0.15) is 0 Å². The minimum Gasteiger partial charge on any atom is -0.375 e. The van der Waals surface area contributed by atoms with Crippen LogP contribution in [0.25, 0.3) is 10.8 Å². The van der Waals surface area contributed by atoms with Gasteiger partial charge in [-0.25, -0.2) is 8.42 Å². The van der Waals surface area contributed by atoms with Gasteiger partial charge < -0.3 is 5.73 Å². The summed E-state index contributed by atoms with van der Waals surface area (Å²) in [4.78, 5) is 2.24. The van der Waals surface area contributed by atoms with Gasteiger partial charge in [0.2, 0.25) is 0 Å². The molecule has 2 aromatic rings. The molecule has 0 aliphatic carbocycles. The number of fused-ring (bicyclic) bond motifs is 1. The molecule has 0 spiro atoms. The maximum atomic E-state index is 11.9. The summed E-state index contributed by atoms with van der Waals surface area (Å²) in [7, 11) is -3.68. The van der Waals surface area contributed by atoms with Crippen LogP contribution in [-0.2, 0) is 10.0 Å². The van der Waals surface area contributed by atoms with Crippen molar-refractivity contribution < 1.29 is 8.42 Å². The van der Waals surface area contributed by atoms with Crippen molar-refractivity contribution in [1.82, 2.24) is 10.3 Å². The molecule has 0 saturated heterocycles. The standard InChI is InChI=1S/C11H11N3O2S2/c12-11(17)13-14-18(15,16)10-6-5-8-3-1-2-4-9(8)7-10/h1-7,14H,(H3,12,13,17). The summed E-state index contributed by atoms with van der Waals surface area (Å²) < 4.78 is 23.8. The molecule has 0 heterocycles. The Morgan fingerprint density at radius 1 is 1.11 bits per heavy atom. The van der Waals surface area contributed by atoms with Gasteiger partial charge in [0.1, 0.15) is 0 Å². The molecule has 0 unspecified atom stereocenters. The van der Waals surface area contributed by atoms with Crippen LogP contribution in [0.3, 0.4) is 0 Å². The monoisotopic (exact) mass is 281 g/mol. The van der Waals surface area contributed by atoms with Gasteiger partial charge in [0.05, 0.1) is 4.90 Å². The summed E-state index contributed by atoms with van der Waals surface area (Å²) in [6, 6.07) is 12.3. The zero-order valence-electron chi connectivity index (χ0n) is 9.25. The summed E-state index contributed by atoms with van der Waals surface area (Å²) in [6.45, 7) is 0. The van der Waals surface area contributed by atoms with E-state index in [0.29, 0.717) is 0 Å². The summed E-state index contributed by atoms with van der Waals surface area (Å²) in [5, 5.41) is 1.67. The Hall–Kier alpha value is -1.70. The Bertz CT molecular complexity index is 698. The zero-order chi connectivity index (χ0) is 13.2. The first-order chi connectivity index (χ1) is 8.49. The smallest absolute Gasteiger partial charge is 0.257 e. The molecular weight excluding hydrogens is 270 g/mol. The minimum atomic E-state index is -3.68. The van der Waals surface area contributed by atoms with E-state index in [-0.39, 0.29) is 10.0 Å². The van der Waals surface area contributed by atoms with Crippen molar-refractivity contribution in [3.05, 3.63) is 42.5 Å². The molecule has 94 valence electrons. The Balaban J connectivity index is 2.38. The average Bonchev–Trinajstić information content (AvgIpc) is 2.36. The Morgan fingerprint density at radius 2 is 1.78 bits per heavy atom. The molecule has 0 amide bonds. The molecule has 0 fully saturated rings. The number of thiocarbonyl (C=S) groups is 1. The summed E-state index contributed by atoms with van der Waals surface area (Å²) >= 11 is 4.53. The highest BCUT2D eigenvalue weighted by atomic mass is 32.2. The molecule has 2 rings (SSSR count). The Labute approximate surface area is 110 Å². The molecule has 0 atom stereocenters. The molecule has 7 heteroatoms. The molecular formula is C11H11N3O2S2. The van der Waals surface area contributed by atoms with Crippen LogP contribution in [0.1, 0.15) is 0 Å². The quantitative estimate of drug-likeness (QED) is 0.574. The SMILES string of the molecule is NC(=S)NNS(=O)(=O)c1ccc2ccccc2c1. The highest BCUT2D eigenvalue weighted by molar-refractivity contribution is 7.89. The number of hydrogen-bond acceptors (Lipinski definition) is 3. The lowest BCUT2D eigenvalue weighted by atomic mass is 10.1. The van der Waals surface area contributed by atoms with Crippen LogP contribution in [-0.4, -0.2) is 13.5 Å². The first-order valence-corrected chi connectivity index (χ1v) is 6.94. The molecule has 5 nitrogen and oxygen atoms in total.